The van der Waals surface area contributed by atoms with Crippen LogP contribution in [0.5, 0.6) is 0 Å². The molecule has 0 amide bonds. The molecule has 0 saturated heterocycles. The minimum absolute atomic E-state index is 1.18. The van der Waals surface area contributed by atoms with E-state index in [9.17, 15) is 0 Å². The second-order valence-corrected chi connectivity index (χ2v) is 15.5. The van der Waals surface area contributed by atoms with E-state index in [1.54, 1.807) is 0 Å². The summed E-state index contributed by atoms with van der Waals surface area (Å²) in [4.78, 5) is 5.38. The Morgan fingerprint density at radius 2 is 0.911 bits per heavy atom. The molecule has 0 atom stereocenters. The molecular weight excluding hydrogens is 583 g/mol. The van der Waals surface area contributed by atoms with Crippen molar-refractivity contribution in [1.82, 2.24) is 4.57 Å². The Kier molecular flexibility index (Phi) is 6.15. The van der Waals surface area contributed by atoms with Gasteiger partial charge in [0.2, 0.25) is 0 Å². The lowest BCUT2D eigenvalue weighted by atomic mass is 10.1. The molecule has 0 spiro atoms. The number of hydrogen-bond acceptors (Lipinski definition) is 1. The van der Waals surface area contributed by atoms with E-state index in [0.29, 0.717) is 0 Å². The van der Waals surface area contributed by atoms with E-state index in [1.165, 1.54) is 67.2 Å². The maximum atomic E-state index is 2.46. The van der Waals surface area contributed by atoms with Crippen LogP contribution in [0.15, 0.2) is 196 Å². The second kappa shape index (κ2) is 10.5. The van der Waals surface area contributed by atoms with Crippen molar-refractivity contribution in [2.24, 2.45) is 0 Å². The summed E-state index contributed by atoms with van der Waals surface area (Å²) < 4.78 is 5.13. The first-order valence-electron chi connectivity index (χ1n) is 15.3. The van der Waals surface area contributed by atoms with Crippen LogP contribution in [0.3, 0.4) is 0 Å². The van der Waals surface area contributed by atoms with Crippen molar-refractivity contribution in [2.45, 2.75) is 19.6 Å². The summed E-state index contributed by atoms with van der Waals surface area (Å²) in [5.41, 5.74) is 3.63. The van der Waals surface area contributed by atoms with Crippen molar-refractivity contribution in [3.8, 4) is 5.69 Å². The largest absolute Gasteiger partial charge is 0.309 e. The fraction of sp³-hybridized carbons (Fsp3) is 0. The summed E-state index contributed by atoms with van der Waals surface area (Å²) >= 11 is 1.92. The molecule has 1 nitrogen and oxygen atoms in total. The fourth-order valence-corrected chi connectivity index (χ4v) is 12.6. The SMILES string of the molecule is c1ccc(S(c2ccccc2)(c2cccc(-n3c4ccccc4c4ccccc43)c2)c2cccc3c2sc2ccccc23)cc1. The van der Waals surface area contributed by atoms with Gasteiger partial charge in [0.25, 0.3) is 0 Å². The summed E-state index contributed by atoms with van der Waals surface area (Å²) in [5.74, 6) is 0. The molecule has 9 aromatic rings. The molecule has 0 saturated carbocycles. The lowest BCUT2D eigenvalue weighted by Gasteiger charge is -2.42. The minimum atomic E-state index is -1.91. The smallest absolute Gasteiger partial charge is 0.0541 e. The fourth-order valence-electron chi connectivity index (χ4n) is 7.01. The van der Waals surface area contributed by atoms with Crippen molar-refractivity contribution in [2.75, 3.05) is 0 Å². The average Bonchev–Trinajstić information content (AvgIpc) is 3.66. The van der Waals surface area contributed by atoms with Crippen molar-refractivity contribution >= 4 is 63.3 Å². The van der Waals surface area contributed by atoms with Crippen molar-refractivity contribution in [3.05, 3.63) is 176 Å². The normalized spacial score (nSPS) is 12.4. The third-order valence-electron chi connectivity index (χ3n) is 8.90. The maximum absolute atomic E-state index is 2.46. The van der Waals surface area contributed by atoms with Crippen LogP contribution in [0.25, 0.3) is 47.7 Å². The Labute approximate surface area is 268 Å². The highest BCUT2D eigenvalue weighted by molar-refractivity contribution is 8.34. The molecule has 0 bridgehead atoms. The van der Waals surface area contributed by atoms with Gasteiger partial charge in [-0.2, -0.15) is 0 Å². The van der Waals surface area contributed by atoms with Gasteiger partial charge in [-0.25, -0.2) is 0 Å². The molecule has 214 valence electrons. The summed E-state index contributed by atoms with van der Waals surface area (Å²) in [6, 6.07) is 65.1. The monoisotopic (exact) mass is 611 g/mol. The van der Waals surface area contributed by atoms with E-state index in [2.05, 4.69) is 180 Å². The molecule has 7 aromatic carbocycles. The molecule has 2 heterocycles. The molecule has 9 rings (SSSR count). The first-order valence-corrected chi connectivity index (χ1v) is 17.7. The summed E-state index contributed by atoms with van der Waals surface area (Å²) in [5, 5.41) is 5.21. The second-order valence-electron chi connectivity index (χ2n) is 11.3. The molecule has 0 N–H and O–H groups in total. The van der Waals surface area contributed by atoms with Crippen LogP contribution in [-0.2, 0) is 0 Å². The minimum Gasteiger partial charge on any atom is -0.309 e. The van der Waals surface area contributed by atoms with Crippen LogP contribution in [0, 0.1) is 0 Å². The van der Waals surface area contributed by atoms with Crippen LogP contribution >= 0.6 is 21.4 Å². The third kappa shape index (κ3) is 3.95. The summed E-state index contributed by atoms with van der Waals surface area (Å²) in [6.45, 7) is 0. The van der Waals surface area contributed by atoms with Crippen LogP contribution in [0.1, 0.15) is 0 Å². The molecule has 0 aliphatic heterocycles. The molecule has 0 aliphatic carbocycles. The predicted molar refractivity (Wildman–Crippen MR) is 194 cm³/mol. The van der Waals surface area contributed by atoms with Crippen LogP contribution < -0.4 is 0 Å². The van der Waals surface area contributed by atoms with Crippen molar-refractivity contribution in [1.29, 1.82) is 0 Å². The first-order chi connectivity index (χ1) is 22.3. The predicted octanol–water partition coefficient (Wildman–Crippen LogP) is 12.5. The number of aromatic nitrogens is 1. The number of para-hydroxylation sites is 2. The lowest BCUT2D eigenvalue weighted by Crippen LogP contribution is -2.06. The molecule has 0 fully saturated rings. The van der Waals surface area contributed by atoms with Gasteiger partial charge in [0.1, 0.15) is 0 Å². The highest BCUT2D eigenvalue weighted by Gasteiger charge is 2.35. The third-order valence-corrected chi connectivity index (χ3v) is 14.2. The number of fused-ring (bicyclic) bond motifs is 6. The van der Waals surface area contributed by atoms with Crippen molar-refractivity contribution < 1.29 is 0 Å². The quantitative estimate of drug-likeness (QED) is 0.182. The van der Waals surface area contributed by atoms with Gasteiger partial charge < -0.3 is 4.57 Å². The number of hydrogen-bond donors (Lipinski definition) is 0. The van der Waals surface area contributed by atoms with E-state index in [0.717, 1.165) is 0 Å². The molecule has 2 aromatic heterocycles. The molecule has 3 heteroatoms. The van der Waals surface area contributed by atoms with Gasteiger partial charge in [-0.15, -0.1) is 21.4 Å². The molecule has 0 aliphatic rings. The molecule has 45 heavy (non-hydrogen) atoms. The van der Waals surface area contributed by atoms with E-state index >= 15 is 0 Å². The van der Waals surface area contributed by atoms with E-state index in [4.69, 9.17) is 0 Å². The number of thiophene rings is 1. The van der Waals surface area contributed by atoms with Gasteiger partial charge in [0, 0.05) is 56.2 Å². The van der Waals surface area contributed by atoms with Gasteiger partial charge in [-0.3, -0.25) is 0 Å². The van der Waals surface area contributed by atoms with E-state index < -0.39 is 10.0 Å². The van der Waals surface area contributed by atoms with Crippen LogP contribution in [-0.4, -0.2) is 4.57 Å². The molecule has 0 radical (unpaired) electrons. The van der Waals surface area contributed by atoms with Gasteiger partial charge in [0.15, 0.2) is 0 Å². The summed E-state index contributed by atoms with van der Waals surface area (Å²) in [6.07, 6.45) is 0. The van der Waals surface area contributed by atoms with Gasteiger partial charge in [0.05, 0.1) is 11.0 Å². The number of nitrogens with zero attached hydrogens (tertiary/aromatic N) is 1. The zero-order chi connectivity index (χ0) is 29.8. The van der Waals surface area contributed by atoms with Gasteiger partial charge in [-0.05, 0) is 66.7 Å². The zero-order valence-corrected chi connectivity index (χ0v) is 26.1. The number of benzene rings is 7. The standard InChI is InChI=1S/C42H29NS2/c1-3-16-31(17-4-1)45(32-18-5-2-6-19-32,41-28-14-24-37-36-23-9-12-27-40(36)44-42(37)41)33-20-13-15-30(29-33)43-38-25-10-7-21-34(38)35-22-8-11-26-39(35)43/h1-29H. The Balaban J connectivity index is 1.42. The first kappa shape index (κ1) is 26.3. The highest BCUT2D eigenvalue weighted by atomic mass is 32.3. The van der Waals surface area contributed by atoms with Crippen LogP contribution in [0.2, 0.25) is 0 Å². The highest BCUT2D eigenvalue weighted by Crippen LogP contribution is 2.75. The average molecular weight is 612 g/mol. The lowest BCUT2D eigenvalue weighted by molar-refractivity contribution is 1.15. The maximum Gasteiger partial charge on any atom is 0.0541 e. The van der Waals surface area contributed by atoms with Gasteiger partial charge in [-0.1, -0.05) is 109 Å². The van der Waals surface area contributed by atoms with Crippen LogP contribution in [0.4, 0.5) is 0 Å². The van der Waals surface area contributed by atoms with E-state index in [-0.39, 0.29) is 0 Å². The summed E-state index contributed by atoms with van der Waals surface area (Å²) in [7, 11) is -1.91. The Morgan fingerprint density at radius 3 is 1.58 bits per heavy atom. The molecule has 0 unspecified atom stereocenters. The zero-order valence-electron chi connectivity index (χ0n) is 24.5. The molecular formula is C42H29NS2. The Hall–Kier alpha value is -5.09. The van der Waals surface area contributed by atoms with E-state index in [1.807, 2.05) is 11.3 Å². The van der Waals surface area contributed by atoms with Gasteiger partial charge >= 0.3 is 0 Å². The number of rotatable bonds is 5. The van der Waals surface area contributed by atoms with Crippen molar-refractivity contribution in [3.63, 3.8) is 0 Å². The Bertz CT molecular complexity index is 2400. The Morgan fingerprint density at radius 1 is 0.400 bits per heavy atom. The topological polar surface area (TPSA) is 4.93 Å².